The summed E-state index contributed by atoms with van der Waals surface area (Å²) in [6.45, 7) is 0.648. The van der Waals surface area contributed by atoms with Crippen molar-refractivity contribution < 1.29 is 0 Å². The van der Waals surface area contributed by atoms with Crippen LogP contribution in [-0.4, -0.2) is 20.0 Å². The summed E-state index contributed by atoms with van der Waals surface area (Å²) in [7, 11) is 1.87. The van der Waals surface area contributed by atoms with Crippen molar-refractivity contribution in [2.45, 2.75) is 6.54 Å². The largest absolute Gasteiger partial charge is 0.379 e. The first-order valence-electron chi connectivity index (χ1n) is 5.86. The molecule has 0 amide bonds. The second-order valence-electron chi connectivity index (χ2n) is 4.20. The summed E-state index contributed by atoms with van der Waals surface area (Å²) in [5.41, 5.74) is 2.80. The topological polar surface area (TPSA) is 55.6 Å². The maximum atomic E-state index is 6.14. The molecule has 0 atom stereocenters. The van der Waals surface area contributed by atoms with Gasteiger partial charge in [-0.3, -0.25) is 9.67 Å². The Morgan fingerprint density at radius 1 is 1.32 bits per heavy atom. The molecule has 19 heavy (non-hydrogen) atoms. The Morgan fingerprint density at radius 3 is 3.00 bits per heavy atom. The summed E-state index contributed by atoms with van der Waals surface area (Å²) in [6.07, 6.45) is 3.48. The Bertz CT molecular complexity index is 722. The van der Waals surface area contributed by atoms with Crippen LogP contribution in [-0.2, 0) is 13.6 Å². The third-order valence-electron chi connectivity index (χ3n) is 2.99. The summed E-state index contributed by atoms with van der Waals surface area (Å²) >= 11 is 6.14. The molecule has 0 saturated carbocycles. The van der Waals surface area contributed by atoms with Gasteiger partial charge in [0.15, 0.2) is 0 Å². The fourth-order valence-electron chi connectivity index (χ4n) is 1.95. The molecule has 0 fully saturated rings. The second kappa shape index (κ2) is 4.85. The molecular weight excluding hydrogens is 262 g/mol. The molecule has 1 aromatic carbocycles. The number of aromatic nitrogens is 4. The Kier molecular flexibility index (Phi) is 3.05. The lowest BCUT2D eigenvalue weighted by Crippen LogP contribution is -2.05. The van der Waals surface area contributed by atoms with Crippen LogP contribution in [0.25, 0.3) is 10.9 Å². The number of pyridine rings is 1. The molecular formula is C13H12ClN5. The van der Waals surface area contributed by atoms with Gasteiger partial charge in [0.2, 0.25) is 0 Å². The number of aryl methyl sites for hydroxylation is 1. The van der Waals surface area contributed by atoms with E-state index in [4.69, 9.17) is 11.6 Å². The van der Waals surface area contributed by atoms with Crippen molar-refractivity contribution in [3.8, 4) is 0 Å². The monoisotopic (exact) mass is 273 g/mol. The number of nitrogens with one attached hydrogen (secondary N) is 1. The number of rotatable bonds is 3. The summed E-state index contributed by atoms with van der Waals surface area (Å²) < 4.78 is 1.74. The zero-order valence-electron chi connectivity index (χ0n) is 10.3. The van der Waals surface area contributed by atoms with Gasteiger partial charge in [-0.15, -0.1) is 5.10 Å². The van der Waals surface area contributed by atoms with E-state index in [1.165, 1.54) is 0 Å². The van der Waals surface area contributed by atoms with E-state index in [1.54, 1.807) is 17.1 Å². The number of anilines is 1. The molecule has 0 saturated heterocycles. The average Bonchev–Trinajstić information content (AvgIpc) is 2.84. The van der Waals surface area contributed by atoms with Crippen LogP contribution in [0.5, 0.6) is 0 Å². The lowest BCUT2D eigenvalue weighted by molar-refractivity contribution is 0.683. The number of nitrogens with zero attached hydrogens (tertiary/aromatic N) is 4. The van der Waals surface area contributed by atoms with Gasteiger partial charge in [-0.05, 0) is 24.3 Å². The summed E-state index contributed by atoms with van der Waals surface area (Å²) in [4.78, 5) is 4.30. The van der Waals surface area contributed by atoms with Crippen LogP contribution in [0.4, 0.5) is 5.69 Å². The zero-order chi connectivity index (χ0) is 13.2. The molecule has 3 rings (SSSR count). The molecule has 1 N–H and O–H groups in total. The van der Waals surface area contributed by atoms with Crippen LogP contribution in [0.15, 0.2) is 36.7 Å². The molecule has 0 aliphatic carbocycles. The Hall–Kier alpha value is -2.14. The van der Waals surface area contributed by atoms with Gasteiger partial charge in [0.25, 0.3) is 0 Å². The smallest absolute Gasteiger partial charge is 0.0908 e. The van der Waals surface area contributed by atoms with Crippen molar-refractivity contribution >= 4 is 28.2 Å². The highest BCUT2D eigenvalue weighted by atomic mass is 35.5. The molecule has 3 aromatic rings. The molecule has 0 bridgehead atoms. The summed E-state index contributed by atoms with van der Waals surface area (Å²) in [5.74, 6) is 0. The van der Waals surface area contributed by atoms with Gasteiger partial charge < -0.3 is 5.32 Å². The minimum Gasteiger partial charge on any atom is -0.379 e. The molecule has 5 nitrogen and oxygen atoms in total. The van der Waals surface area contributed by atoms with E-state index < -0.39 is 0 Å². The highest BCUT2D eigenvalue weighted by Gasteiger charge is 2.06. The van der Waals surface area contributed by atoms with Gasteiger partial charge >= 0.3 is 0 Å². The quantitative estimate of drug-likeness (QED) is 0.797. The van der Waals surface area contributed by atoms with Crippen molar-refractivity contribution in [3.63, 3.8) is 0 Å². The molecule has 2 heterocycles. The van der Waals surface area contributed by atoms with Crippen molar-refractivity contribution in [1.29, 1.82) is 0 Å². The third-order valence-corrected chi connectivity index (χ3v) is 3.29. The standard InChI is InChI=1S/C13H12ClN5/c1-19-9(8-17-18-19)7-16-12-5-4-11(14)13-10(12)3-2-6-15-13/h2-6,8,16H,7H2,1H3. The molecule has 96 valence electrons. The minimum atomic E-state index is 0.648. The van der Waals surface area contributed by atoms with Crippen LogP contribution in [0.3, 0.4) is 0 Å². The van der Waals surface area contributed by atoms with Gasteiger partial charge in [-0.25, -0.2) is 0 Å². The maximum Gasteiger partial charge on any atom is 0.0908 e. The van der Waals surface area contributed by atoms with E-state index in [-0.39, 0.29) is 0 Å². The van der Waals surface area contributed by atoms with Gasteiger partial charge in [0.1, 0.15) is 0 Å². The van der Waals surface area contributed by atoms with Gasteiger partial charge in [0, 0.05) is 24.3 Å². The first kappa shape index (κ1) is 11.9. The van der Waals surface area contributed by atoms with Crippen molar-refractivity contribution in [3.05, 3.63) is 47.4 Å². The van der Waals surface area contributed by atoms with E-state index in [9.17, 15) is 0 Å². The number of hydrogen-bond donors (Lipinski definition) is 1. The predicted molar refractivity (Wildman–Crippen MR) is 75.1 cm³/mol. The number of halogens is 1. The summed E-state index contributed by atoms with van der Waals surface area (Å²) in [6, 6.07) is 7.70. The van der Waals surface area contributed by atoms with E-state index in [2.05, 4.69) is 20.6 Å². The van der Waals surface area contributed by atoms with E-state index >= 15 is 0 Å². The minimum absolute atomic E-state index is 0.648. The lowest BCUT2D eigenvalue weighted by atomic mass is 10.2. The Morgan fingerprint density at radius 2 is 2.21 bits per heavy atom. The molecule has 0 radical (unpaired) electrons. The fraction of sp³-hybridized carbons (Fsp3) is 0.154. The first-order chi connectivity index (χ1) is 9.25. The van der Waals surface area contributed by atoms with Crippen molar-refractivity contribution in [2.24, 2.45) is 7.05 Å². The van der Waals surface area contributed by atoms with E-state index in [0.717, 1.165) is 22.3 Å². The second-order valence-corrected chi connectivity index (χ2v) is 4.60. The van der Waals surface area contributed by atoms with E-state index in [1.807, 2.05) is 31.3 Å². The van der Waals surface area contributed by atoms with Crippen molar-refractivity contribution in [1.82, 2.24) is 20.0 Å². The highest BCUT2D eigenvalue weighted by molar-refractivity contribution is 6.35. The predicted octanol–water partition coefficient (Wildman–Crippen LogP) is 2.63. The number of fused-ring (bicyclic) bond motifs is 1. The fourth-order valence-corrected chi connectivity index (χ4v) is 2.16. The molecule has 0 aliphatic rings. The summed E-state index contributed by atoms with van der Waals surface area (Å²) in [5, 5.41) is 12.8. The van der Waals surface area contributed by atoms with Gasteiger partial charge in [0.05, 0.1) is 29.0 Å². The Labute approximate surface area is 115 Å². The zero-order valence-corrected chi connectivity index (χ0v) is 11.1. The number of benzene rings is 1. The normalized spacial score (nSPS) is 10.8. The molecule has 0 unspecified atom stereocenters. The van der Waals surface area contributed by atoms with E-state index in [0.29, 0.717) is 11.6 Å². The number of hydrogen-bond acceptors (Lipinski definition) is 4. The third kappa shape index (κ3) is 2.24. The molecule has 6 heteroatoms. The lowest BCUT2D eigenvalue weighted by Gasteiger charge is -2.10. The average molecular weight is 274 g/mol. The molecule has 0 aliphatic heterocycles. The highest BCUT2D eigenvalue weighted by Crippen LogP contribution is 2.28. The maximum absolute atomic E-state index is 6.14. The Balaban J connectivity index is 1.93. The van der Waals surface area contributed by atoms with Crippen LogP contribution in [0.1, 0.15) is 5.69 Å². The van der Waals surface area contributed by atoms with Crippen LogP contribution in [0.2, 0.25) is 5.02 Å². The molecule has 2 aromatic heterocycles. The first-order valence-corrected chi connectivity index (χ1v) is 6.24. The van der Waals surface area contributed by atoms with Gasteiger partial charge in [-0.2, -0.15) is 0 Å². The molecule has 0 spiro atoms. The van der Waals surface area contributed by atoms with Gasteiger partial charge in [-0.1, -0.05) is 16.8 Å². The SMILES string of the molecule is Cn1nncc1CNc1ccc(Cl)c2ncccc12. The van der Waals surface area contributed by atoms with Crippen molar-refractivity contribution in [2.75, 3.05) is 5.32 Å². The van der Waals surface area contributed by atoms with Crippen LogP contribution >= 0.6 is 11.6 Å². The van der Waals surface area contributed by atoms with Crippen LogP contribution in [0, 0.1) is 0 Å². The van der Waals surface area contributed by atoms with Crippen LogP contribution < -0.4 is 5.32 Å².